The molecule has 0 aromatic heterocycles. The molecule has 0 heterocycles. The van der Waals surface area contributed by atoms with Crippen molar-refractivity contribution in [2.75, 3.05) is 0 Å². The summed E-state index contributed by atoms with van der Waals surface area (Å²) in [4.78, 5) is 10.9. The van der Waals surface area contributed by atoms with E-state index in [0.29, 0.717) is 5.92 Å². The van der Waals surface area contributed by atoms with Crippen LogP contribution in [0.5, 0.6) is 0 Å². The molecule has 0 aromatic carbocycles. The Morgan fingerprint density at radius 3 is 1.69 bits per heavy atom. The van der Waals surface area contributed by atoms with E-state index in [2.05, 4.69) is 0 Å². The van der Waals surface area contributed by atoms with Crippen LogP contribution in [-0.4, -0.2) is 6.29 Å². The van der Waals surface area contributed by atoms with E-state index >= 15 is 0 Å². The van der Waals surface area contributed by atoms with Crippen molar-refractivity contribution in [3.05, 3.63) is 0 Å². The van der Waals surface area contributed by atoms with Crippen LogP contribution in [0.3, 0.4) is 0 Å². The number of carbonyl (C=O) groups is 1. The summed E-state index contributed by atoms with van der Waals surface area (Å²) in [6, 6.07) is 0. The van der Waals surface area contributed by atoms with Crippen LogP contribution < -0.4 is 6.15 Å². The van der Waals surface area contributed by atoms with Crippen LogP contribution in [0.2, 0.25) is 0 Å². The zero-order chi connectivity index (χ0) is 8.13. The van der Waals surface area contributed by atoms with Crippen LogP contribution in [-0.2, 0) is 4.79 Å². The third-order valence-corrected chi connectivity index (χ3v) is 4.46. The smallest absolute Gasteiger partial charge is 0.123 e. The molecule has 74 valence electrons. The predicted molar refractivity (Wildman–Crippen MR) is 51.6 cm³/mol. The molecule has 0 aliphatic heterocycles. The Hall–Kier alpha value is -0.370. The number of aldehydes is 1. The first kappa shape index (κ1) is 9.20. The van der Waals surface area contributed by atoms with Crippen LogP contribution in [0, 0.1) is 29.6 Å². The van der Waals surface area contributed by atoms with Gasteiger partial charge in [-0.05, 0) is 55.8 Å². The quantitative estimate of drug-likeness (QED) is 0.631. The van der Waals surface area contributed by atoms with Gasteiger partial charge in [0.15, 0.2) is 0 Å². The van der Waals surface area contributed by atoms with Gasteiger partial charge in [-0.25, -0.2) is 0 Å². The second kappa shape index (κ2) is 3.09. The summed E-state index contributed by atoms with van der Waals surface area (Å²) in [5.74, 6) is 4.04. The Balaban J connectivity index is 0.000000653. The Kier molecular flexibility index (Phi) is 2.18. The normalized spacial score (nSPS) is 51.5. The van der Waals surface area contributed by atoms with E-state index in [1.165, 1.54) is 38.4 Å². The van der Waals surface area contributed by atoms with Gasteiger partial charge in [0.2, 0.25) is 0 Å². The molecule has 4 saturated carbocycles. The van der Waals surface area contributed by atoms with E-state index in [4.69, 9.17) is 0 Å². The molecule has 0 amide bonds. The summed E-state index contributed by atoms with van der Waals surface area (Å²) in [5, 5.41) is 0. The van der Waals surface area contributed by atoms with Gasteiger partial charge in [-0.15, -0.1) is 0 Å². The third-order valence-electron chi connectivity index (χ3n) is 4.46. The van der Waals surface area contributed by atoms with Crippen LogP contribution in [0.15, 0.2) is 0 Å². The van der Waals surface area contributed by atoms with Crippen molar-refractivity contribution in [1.29, 1.82) is 0 Å². The highest BCUT2D eigenvalue weighted by atomic mass is 16.1. The van der Waals surface area contributed by atoms with Gasteiger partial charge in [-0.3, -0.25) is 0 Å². The van der Waals surface area contributed by atoms with Gasteiger partial charge in [-0.1, -0.05) is 0 Å². The van der Waals surface area contributed by atoms with Crippen molar-refractivity contribution >= 4 is 6.29 Å². The van der Waals surface area contributed by atoms with Gasteiger partial charge in [0.25, 0.3) is 0 Å². The van der Waals surface area contributed by atoms with Crippen molar-refractivity contribution in [2.24, 2.45) is 29.6 Å². The lowest BCUT2D eigenvalue weighted by Gasteiger charge is -2.52. The highest BCUT2D eigenvalue weighted by molar-refractivity contribution is 5.55. The molecule has 0 aromatic rings. The highest BCUT2D eigenvalue weighted by Gasteiger charge is 2.47. The molecule has 4 fully saturated rings. The van der Waals surface area contributed by atoms with Crippen molar-refractivity contribution in [3.8, 4) is 0 Å². The van der Waals surface area contributed by atoms with Gasteiger partial charge in [0, 0.05) is 5.92 Å². The number of hydrogen-bond donors (Lipinski definition) is 1. The fraction of sp³-hybridized carbons (Fsp3) is 0.909. The minimum absolute atomic E-state index is 0. The molecule has 0 atom stereocenters. The van der Waals surface area contributed by atoms with E-state index in [0.717, 1.165) is 23.7 Å². The first-order valence-corrected chi connectivity index (χ1v) is 5.32. The molecule has 2 nitrogen and oxygen atoms in total. The maximum Gasteiger partial charge on any atom is 0.123 e. The molecule has 3 N–H and O–H groups in total. The molecule has 2 heteroatoms. The second-order valence-electron chi connectivity index (χ2n) is 5.14. The Labute approximate surface area is 79.7 Å². The van der Waals surface area contributed by atoms with Gasteiger partial charge in [0.1, 0.15) is 6.29 Å². The zero-order valence-electron chi connectivity index (χ0n) is 8.11. The lowest BCUT2D eigenvalue weighted by Crippen LogP contribution is -2.45. The van der Waals surface area contributed by atoms with Gasteiger partial charge >= 0.3 is 0 Å². The first-order valence-electron chi connectivity index (χ1n) is 5.32. The molecule has 13 heavy (non-hydrogen) atoms. The molecule has 4 aliphatic rings. The van der Waals surface area contributed by atoms with E-state index in [9.17, 15) is 4.79 Å². The number of hydrogen-bond acceptors (Lipinski definition) is 2. The molecular formula is C11H19NO. The standard InChI is InChI=1S/C11H16O.H3N/c12-6-11-9-2-7-1-8(4-9)5-10(11)3-7;/h6-11H,1-5H2;1H3. The predicted octanol–water partition coefficient (Wildman–Crippen LogP) is 2.42. The summed E-state index contributed by atoms with van der Waals surface area (Å²) >= 11 is 0. The van der Waals surface area contributed by atoms with Crippen LogP contribution in [0.25, 0.3) is 0 Å². The SMILES string of the molecule is N.O=CC1C2CC3CC(C2)CC1C3. The maximum absolute atomic E-state index is 10.9. The fourth-order valence-electron chi connectivity index (χ4n) is 4.19. The summed E-state index contributed by atoms with van der Waals surface area (Å²) in [7, 11) is 0. The molecular weight excluding hydrogens is 162 g/mol. The van der Waals surface area contributed by atoms with Crippen molar-refractivity contribution in [2.45, 2.75) is 32.1 Å². The van der Waals surface area contributed by atoms with E-state index in [1.807, 2.05) is 0 Å². The van der Waals surface area contributed by atoms with Crippen molar-refractivity contribution in [3.63, 3.8) is 0 Å². The monoisotopic (exact) mass is 181 g/mol. The van der Waals surface area contributed by atoms with E-state index < -0.39 is 0 Å². The molecule has 0 unspecified atom stereocenters. The first-order chi connectivity index (χ1) is 5.86. The number of rotatable bonds is 1. The maximum atomic E-state index is 10.9. The Morgan fingerprint density at radius 2 is 1.31 bits per heavy atom. The average molecular weight is 181 g/mol. The topological polar surface area (TPSA) is 52.1 Å². The minimum Gasteiger partial charge on any atom is -0.344 e. The van der Waals surface area contributed by atoms with Gasteiger partial charge in [0.05, 0.1) is 0 Å². The fourth-order valence-corrected chi connectivity index (χ4v) is 4.19. The third kappa shape index (κ3) is 1.23. The highest BCUT2D eigenvalue weighted by Crippen LogP contribution is 2.55. The lowest BCUT2D eigenvalue weighted by atomic mass is 9.52. The summed E-state index contributed by atoms with van der Waals surface area (Å²) < 4.78 is 0. The minimum atomic E-state index is 0. The Morgan fingerprint density at radius 1 is 0.846 bits per heavy atom. The van der Waals surface area contributed by atoms with Crippen LogP contribution in [0.1, 0.15) is 32.1 Å². The summed E-state index contributed by atoms with van der Waals surface area (Å²) in [5.41, 5.74) is 0. The van der Waals surface area contributed by atoms with E-state index in [-0.39, 0.29) is 6.15 Å². The molecule has 0 spiro atoms. The zero-order valence-corrected chi connectivity index (χ0v) is 8.11. The van der Waals surface area contributed by atoms with Crippen molar-refractivity contribution in [1.82, 2.24) is 6.15 Å². The van der Waals surface area contributed by atoms with Gasteiger partial charge in [-0.2, -0.15) is 0 Å². The average Bonchev–Trinajstić information content (AvgIpc) is 2.02. The van der Waals surface area contributed by atoms with Crippen molar-refractivity contribution < 1.29 is 4.79 Å². The molecule has 4 rings (SSSR count). The summed E-state index contributed by atoms with van der Waals surface area (Å²) in [6.07, 6.45) is 8.23. The lowest BCUT2D eigenvalue weighted by molar-refractivity contribution is -0.123. The Bertz CT molecular complexity index is 186. The largest absolute Gasteiger partial charge is 0.344 e. The number of carbonyl (C=O) groups excluding carboxylic acids is 1. The molecule has 0 saturated heterocycles. The molecule has 0 radical (unpaired) electrons. The van der Waals surface area contributed by atoms with Gasteiger partial charge < -0.3 is 10.9 Å². The van der Waals surface area contributed by atoms with Crippen LogP contribution in [0.4, 0.5) is 0 Å². The second-order valence-corrected chi connectivity index (χ2v) is 5.14. The summed E-state index contributed by atoms with van der Waals surface area (Å²) in [6.45, 7) is 0. The van der Waals surface area contributed by atoms with Crippen LogP contribution >= 0.6 is 0 Å². The molecule has 4 bridgehead atoms. The van der Waals surface area contributed by atoms with E-state index in [1.54, 1.807) is 0 Å². The molecule has 4 aliphatic carbocycles.